The fourth-order valence-electron chi connectivity index (χ4n) is 4.20. The molecule has 2 aromatic carbocycles. The summed E-state index contributed by atoms with van der Waals surface area (Å²) in [6, 6.07) is 12.7. The van der Waals surface area contributed by atoms with Crippen molar-refractivity contribution in [2.75, 3.05) is 6.54 Å². The molecule has 1 aliphatic carbocycles. The number of nitrogens with zero attached hydrogens (tertiary/aromatic N) is 2. The molecule has 0 radical (unpaired) electrons. The average molecular weight is 500 g/mol. The maximum atomic E-state index is 12.9. The van der Waals surface area contributed by atoms with E-state index in [1.54, 1.807) is 31.4 Å². The monoisotopic (exact) mass is 499 g/mol. The van der Waals surface area contributed by atoms with Gasteiger partial charge in [-0.15, -0.1) is 0 Å². The van der Waals surface area contributed by atoms with Gasteiger partial charge in [-0.1, -0.05) is 60.0 Å². The van der Waals surface area contributed by atoms with Crippen LogP contribution in [0.3, 0.4) is 0 Å². The van der Waals surface area contributed by atoms with Gasteiger partial charge < -0.3 is 10.1 Å². The molecule has 1 fully saturated rings. The van der Waals surface area contributed by atoms with E-state index in [1.165, 1.54) is 11.1 Å². The number of aromatic nitrogens is 2. The third-order valence-electron chi connectivity index (χ3n) is 6.08. The Morgan fingerprint density at radius 2 is 1.76 bits per heavy atom. The van der Waals surface area contributed by atoms with Crippen LogP contribution in [0.1, 0.15) is 48.0 Å². The van der Waals surface area contributed by atoms with Crippen molar-refractivity contribution in [1.82, 2.24) is 15.1 Å². The molecule has 1 heterocycles. The Balaban J connectivity index is 1.45. The van der Waals surface area contributed by atoms with Crippen molar-refractivity contribution in [2.45, 2.75) is 44.6 Å². The van der Waals surface area contributed by atoms with Crippen molar-refractivity contribution in [3.63, 3.8) is 0 Å². The summed E-state index contributed by atoms with van der Waals surface area (Å²) in [7, 11) is 1.64. The molecular formula is C26H27Cl2N3O3. The van der Waals surface area contributed by atoms with Crippen LogP contribution in [-0.4, -0.2) is 28.3 Å². The van der Waals surface area contributed by atoms with Crippen LogP contribution in [0, 0.1) is 0 Å². The highest BCUT2D eigenvalue weighted by Crippen LogP contribution is 2.30. The third kappa shape index (κ3) is 5.62. The number of halogens is 2. The highest BCUT2D eigenvalue weighted by atomic mass is 35.5. The predicted octanol–water partition coefficient (Wildman–Crippen LogP) is 5.44. The Morgan fingerprint density at radius 3 is 2.44 bits per heavy atom. The standard InChI is InChI=1S/C26H27Cl2N3O3/c1-31-26(33)23(22(16-30-31)34-19-6-3-2-4-7-19)18-12-10-17(11-13-18)14-15-29-25(32)24-20(27)8-5-9-21(24)28/h5,8-13,16,19H,2-4,6-7,14-15H2,1H3,(H,29,32). The molecule has 0 aliphatic heterocycles. The summed E-state index contributed by atoms with van der Waals surface area (Å²) >= 11 is 12.2. The lowest BCUT2D eigenvalue weighted by atomic mass is 9.97. The molecule has 34 heavy (non-hydrogen) atoms. The van der Waals surface area contributed by atoms with E-state index in [0.29, 0.717) is 34.3 Å². The Kier molecular flexibility index (Phi) is 7.91. The Labute approximate surface area is 208 Å². The topological polar surface area (TPSA) is 73.2 Å². The summed E-state index contributed by atoms with van der Waals surface area (Å²) in [6.07, 6.45) is 7.89. The number of carbonyl (C=O) groups is 1. The van der Waals surface area contributed by atoms with Gasteiger partial charge in [0.2, 0.25) is 0 Å². The average Bonchev–Trinajstić information content (AvgIpc) is 2.83. The summed E-state index contributed by atoms with van der Waals surface area (Å²) < 4.78 is 7.54. The van der Waals surface area contributed by atoms with Crippen LogP contribution in [0.25, 0.3) is 11.1 Å². The van der Waals surface area contributed by atoms with Crippen LogP contribution >= 0.6 is 23.2 Å². The molecule has 1 aliphatic rings. The van der Waals surface area contributed by atoms with Gasteiger partial charge >= 0.3 is 0 Å². The molecule has 1 saturated carbocycles. The van der Waals surface area contributed by atoms with Gasteiger partial charge in [-0.25, -0.2) is 4.68 Å². The molecule has 1 aromatic heterocycles. The Morgan fingerprint density at radius 1 is 1.09 bits per heavy atom. The fourth-order valence-corrected chi connectivity index (χ4v) is 4.77. The molecule has 0 saturated heterocycles. The van der Waals surface area contributed by atoms with Crippen molar-refractivity contribution in [1.29, 1.82) is 0 Å². The van der Waals surface area contributed by atoms with E-state index in [1.807, 2.05) is 24.3 Å². The summed E-state index contributed by atoms with van der Waals surface area (Å²) in [5, 5.41) is 7.66. The van der Waals surface area contributed by atoms with Gasteiger partial charge in [-0.05, 0) is 55.4 Å². The molecule has 3 aromatic rings. The molecule has 8 heteroatoms. The maximum Gasteiger partial charge on any atom is 0.278 e. The van der Waals surface area contributed by atoms with Crippen molar-refractivity contribution in [2.24, 2.45) is 7.05 Å². The number of nitrogens with one attached hydrogen (secondary N) is 1. The van der Waals surface area contributed by atoms with Gasteiger partial charge in [0.25, 0.3) is 11.5 Å². The smallest absolute Gasteiger partial charge is 0.278 e. The number of hydrogen-bond donors (Lipinski definition) is 1. The molecule has 4 rings (SSSR count). The van der Waals surface area contributed by atoms with Crippen LogP contribution in [-0.2, 0) is 13.5 Å². The zero-order chi connectivity index (χ0) is 24.1. The van der Waals surface area contributed by atoms with Crippen LogP contribution < -0.4 is 15.6 Å². The second-order valence-electron chi connectivity index (χ2n) is 8.49. The number of ether oxygens (including phenoxy) is 1. The van der Waals surface area contributed by atoms with Gasteiger partial charge in [0.05, 0.1) is 33.5 Å². The minimum Gasteiger partial charge on any atom is -0.488 e. The molecule has 0 spiro atoms. The summed E-state index contributed by atoms with van der Waals surface area (Å²) in [4.78, 5) is 25.4. The van der Waals surface area contributed by atoms with Gasteiger partial charge in [0, 0.05) is 13.6 Å². The normalized spacial score (nSPS) is 14.1. The lowest BCUT2D eigenvalue weighted by Gasteiger charge is -2.24. The summed E-state index contributed by atoms with van der Waals surface area (Å²) in [6.45, 7) is 0.423. The van der Waals surface area contributed by atoms with Gasteiger partial charge in [-0.2, -0.15) is 5.10 Å². The third-order valence-corrected chi connectivity index (χ3v) is 6.71. The number of amides is 1. The second kappa shape index (κ2) is 11.1. The molecule has 1 amide bonds. The van der Waals surface area contributed by atoms with Gasteiger partial charge in [-0.3, -0.25) is 9.59 Å². The predicted molar refractivity (Wildman–Crippen MR) is 135 cm³/mol. The molecule has 6 nitrogen and oxygen atoms in total. The highest BCUT2D eigenvalue weighted by Gasteiger charge is 2.20. The van der Waals surface area contributed by atoms with Crippen molar-refractivity contribution < 1.29 is 9.53 Å². The van der Waals surface area contributed by atoms with E-state index >= 15 is 0 Å². The van der Waals surface area contributed by atoms with Crippen LogP contribution in [0.4, 0.5) is 0 Å². The number of benzene rings is 2. The quantitative estimate of drug-likeness (QED) is 0.469. The first kappa shape index (κ1) is 24.3. The Bertz CT molecular complexity index is 1200. The van der Waals surface area contributed by atoms with Gasteiger partial charge in [0.1, 0.15) is 0 Å². The second-order valence-corrected chi connectivity index (χ2v) is 9.30. The fraction of sp³-hybridized carbons (Fsp3) is 0.346. The van der Waals surface area contributed by atoms with Crippen molar-refractivity contribution >= 4 is 29.1 Å². The van der Waals surface area contributed by atoms with Crippen LogP contribution in [0.2, 0.25) is 10.0 Å². The molecule has 0 unspecified atom stereocenters. The van der Waals surface area contributed by atoms with Crippen molar-refractivity contribution in [3.8, 4) is 16.9 Å². The first-order valence-electron chi connectivity index (χ1n) is 11.5. The zero-order valence-corrected chi connectivity index (χ0v) is 20.5. The van der Waals surface area contributed by atoms with E-state index in [9.17, 15) is 9.59 Å². The first-order valence-corrected chi connectivity index (χ1v) is 12.2. The number of aryl methyl sites for hydroxylation is 1. The number of rotatable bonds is 7. The molecule has 0 bridgehead atoms. The minimum absolute atomic E-state index is 0.121. The Hall–Kier alpha value is -2.83. The largest absolute Gasteiger partial charge is 0.488 e. The van der Waals surface area contributed by atoms with E-state index < -0.39 is 0 Å². The van der Waals surface area contributed by atoms with Crippen LogP contribution in [0.15, 0.2) is 53.5 Å². The molecule has 1 N–H and O–H groups in total. The van der Waals surface area contributed by atoms with E-state index in [-0.39, 0.29) is 23.1 Å². The lowest BCUT2D eigenvalue weighted by Crippen LogP contribution is -2.26. The first-order chi connectivity index (χ1) is 16.4. The SMILES string of the molecule is Cn1ncc(OC2CCCCC2)c(-c2ccc(CCNC(=O)c3c(Cl)cccc3Cl)cc2)c1=O. The molecule has 0 atom stereocenters. The number of hydrogen-bond acceptors (Lipinski definition) is 4. The van der Waals surface area contributed by atoms with Crippen LogP contribution in [0.5, 0.6) is 5.75 Å². The molecule has 178 valence electrons. The van der Waals surface area contributed by atoms with E-state index in [0.717, 1.165) is 36.8 Å². The lowest BCUT2D eigenvalue weighted by molar-refractivity contribution is 0.0954. The highest BCUT2D eigenvalue weighted by molar-refractivity contribution is 6.39. The minimum atomic E-state index is -0.308. The maximum absolute atomic E-state index is 12.9. The number of carbonyl (C=O) groups excluding carboxylic acids is 1. The van der Waals surface area contributed by atoms with E-state index in [2.05, 4.69) is 10.4 Å². The molecular weight excluding hydrogens is 473 g/mol. The van der Waals surface area contributed by atoms with Crippen molar-refractivity contribution in [3.05, 3.63) is 80.2 Å². The summed E-state index contributed by atoms with van der Waals surface area (Å²) in [5.41, 5.74) is 2.42. The van der Waals surface area contributed by atoms with E-state index in [4.69, 9.17) is 27.9 Å². The van der Waals surface area contributed by atoms with Gasteiger partial charge in [0.15, 0.2) is 5.75 Å². The zero-order valence-electron chi connectivity index (χ0n) is 19.0. The summed E-state index contributed by atoms with van der Waals surface area (Å²) in [5.74, 6) is 0.226.